The number of aliphatic hydroxyl groups is 1. The van der Waals surface area contributed by atoms with Crippen LogP contribution in [-0.4, -0.2) is 89.6 Å². The summed E-state index contributed by atoms with van der Waals surface area (Å²) in [4.78, 5) is 41.6. The van der Waals surface area contributed by atoms with Crippen molar-refractivity contribution in [2.45, 2.75) is 68.7 Å². The molecule has 1 fully saturated rings. The molecule has 2 amide bonds. The Morgan fingerprint density at radius 2 is 1.42 bits per heavy atom. The monoisotopic (exact) mass is 903 g/mol. The molecular weight excluding hydrogens is 851 g/mol. The van der Waals surface area contributed by atoms with Crippen LogP contribution < -0.4 is 31.5 Å². The summed E-state index contributed by atoms with van der Waals surface area (Å²) in [6.07, 6.45) is -1.18. The smallest absolute Gasteiger partial charge is 0.407 e. The van der Waals surface area contributed by atoms with Gasteiger partial charge in [-0.05, 0) is 55.4 Å². The van der Waals surface area contributed by atoms with Crippen molar-refractivity contribution in [1.29, 1.82) is 0 Å². The number of imidazole rings is 1. The molecular formula is C51H53N7O7Si. The Hall–Kier alpha value is -6.91. The van der Waals surface area contributed by atoms with Crippen LogP contribution in [0.1, 0.15) is 49.6 Å². The minimum absolute atomic E-state index is 0.0154. The van der Waals surface area contributed by atoms with Gasteiger partial charge in [0.25, 0.3) is 8.32 Å². The summed E-state index contributed by atoms with van der Waals surface area (Å²) in [5.74, 6) is 0.0636. The molecule has 66 heavy (non-hydrogen) atoms. The zero-order valence-electron chi connectivity index (χ0n) is 37.2. The molecule has 2 unspecified atom stereocenters. The highest BCUT2D eigenvalue weighted by atomic mass is 28.4. The van der Waals surface area contributed by atoms with Crippen LogP contribution in [0.15, 0.2) is 146 Å². The van der Waals surface area contributed by atoms with E-state index in [9.17, 15) is 14.7 Å². The standard InChI is InChI=1S/C51H53N7O7Si/c1-51(2,3)66(34-15-7-5-8-16-34,35-17-9-6-10-18-35)64-29-42-43(45(59)49(65-42)58-31-55-44-46(52)53-30-54-47(44)58)57-48(60)41(27-32-23-25-33(62-4)26-24-32)56-50(61)63-28-40-38-21-13-11-19-36(38)37-20-12-14-22-39(37)40/h5-26,30-31,40-43,45,49,59H,27-29H2,1-4H3,(H,56,61)(H,57,60)(H2,52,53,54)/t41-,42+,43?,45?,49+/m0/s1. The number of aliphatic hydroxyl groups excluding tert-OH is 1. The number of carbonyl (C=O) groups excluding carboxylic acids is 2. The molecule has 1 aliphatic carbocycles. The number of hydrogen-bond donors (Lipinski definition) is 4. The second kappa shape index (κ2) is 18.5. The first-order valence-electron chi connectivity index (χ1n) is 22.0. The zero-order chi connectivity index (χ0) is 46.0. The van der Waals surface area contributed by atoms with Gasteiger partial charge in [0.2, 0.25) is 5.91 Å². The first kappa shape index (κ1) is 44.3. The number of methoxy groups -OCH3 is 1. The maximum atomic E-state index is 14.8. The van der Waals surface area contributed by atoms with E-state index in [0.29, 0.717) is 16.9 Å². The van der Waals surface area contributed by atoms with Gasteiger partial charge in [0.05, 0.1) is 26.1 Å². The number of fused-ring (bicyclic) bond motifs is 4. The van der Waals surface area contributed by atoms with E-state index in [0.717, 1.165) is 38.2 Å². The Labute approximate surface area is 384 Å². The molecule has 5 N–H and O–H groups in total. The van der Waals surface area contributed by atoms with E-state index < -0.39 is 50.8 Å². The van der Waals surface area contributed by atoms with Crippen LogP contribution in [0, 0.1) is 0 Å². The average Bonchev–Trinajstić information content (AvgIpc) is 4.00. The first-order chi connectivity index (χ1) is 32.0. The van der Waals surface area contributed by atoms with Crippen LogP contribution in [0.2, 0.25) is 5.04 Å². The predicted molar refractivity (Wildman–Crippen MR) is 254 cm³/mol. The summed E-state index contributed by atoms with van der Waals surface area (Å²) in [5.41, 5.74) is 11.9. The summed E-state index contributed by atoms with van der Waals surface area (Å²) in [6, 6.07) is 41.6. The number of rotatable bonds is 14. The van der Waals surface area contributed by atoms with E-state index in [1.54, 1.807) is 23.8 Å². The van der Waals surface area contributed by atoms with Gasteiger partial charge in [-0.2, -0.15) is 0 Å². The molecule has 14 nitrogen and oxygen atoms in total. The molecule has 1 aliphatic heterocycles. The fraction of sp³-hybridized carbons (Fsp3) is 0.275. The maximum Gasteiger partial charge on any atom is 0.407 e. The fourth-order valence-electron chi connectivity index (χ4n) is 9.57. The summed E-state index contributed by atoms with van der Waals surface area (Å²) in [6.45, 7) is 6.56. The van der Waals surface area contributed by atoms with E-state index in [1.807, 2.05) is 84.9 Å². The van der Waals surface area contributed by atoms with Crippen molar-refractivity contribution in [1.82, 2.24) is 30.2 Å². The Morgan fingerprint density at radius 1 is 0.818 bits per heavy atom. The number of aromatic nitrogens is 4. The quantitative estimate of drug-likeness (QED) is 0.0956. The summed E-state index contributed by atoms with van der Waals surface area (Å²) in [7, 11) is -1.55. The summed E-state index contributed by atoms with van der Waals surface area (Å²) in [5, 5.41) is 20.0. The molecule has 7 aromatic rings. The SMILES string of the molecule is COc1ccc(C[C@H](NC(=O)OCC2c3ccccc3-c3ccccc32)C(=O)NC2C(O)[C@H](n3cnc4c(N)ncnc43)O[C@@H]2CO[Si](c2ccccc2)(c2ccccc2)C(C)(C)C)cc1. The molecule has 9 rings (SSSR count). The number of nitrogen functional groups attached to an aromatic ring is 1. The van der Waals surface area contributed by atoms with Crippen molar-refractivity contribution < 1.29 is 33.3 Å². The van der Waals surface area contributed by atoms with Gasteiger partial charge in [-0.25, -0.2) is 19.7 Å². The average molecular weight is 904 g/mol. The minimum atomic E-state index is -3.13. The molecule has 2 aliphatic rings. The lowest BCUT2D eigenvalue weighted by molar-refractivity contribution is -0.124. The Bertz CT molecular complexity index is 2740. The van der Waals surface area contributed by atoms with Crippen molar-refractivity contribution >= 4 is 47.7 Å². The second-order valence-electron chi connectivity index (χ2n) is 17.7. The number of nitrogens with two attached hydrogens (primary N) is 1. The molecule has 338 valence electrons. The van der Waals surface area contributed by atoms with Gasteiger partial charge in [0.15, 0.2) is 17.7 Å². The minimum Gasteiger partial charge on any atom is -0.497 e. The molecule has 0 radical (unpaired) electrons. The molecule has 5 atom stereocenters. The number of anilines is 1. The number of benzene rings is 5. The van der Waals surface area contributed by atoms with Gasteiger partial charge >= 0.3 is 6.09 Å². The van der Waals surface area contributed by atoms with Crippen LogP contribution in [-0.2, 0) is 25.1 Å². The molecule has 3 heterocycles. The van der Waals surface area contributed by atoms with E-state index in [2.05, 4.69) is 82.8 Å². The lowest BCUT2D eigenvalue weighted by atomic mass is 9.98. The lowest BCUT2D eigenvalue weighted by Gasteiger charge is -2.43. The lowest BCUT2D eigenvalue weighted by Crippen LogP contribution is -2.67. The van der Waals surface area contributed by atoms with Crippen LogP contribution in [0.5, 0.6) is 5.75 Å². The highest BCUT2D eigenvalue weighted by molar-refractivity contribution is 6.99. The normalized spacial score (nSPS) is 18.6. The number of alkyl carbamates (subject to hydrolysis) is 1. The van der Waals surface area contributed by atoms with Crippen molar-refractivity contribution in [2.24, 2.45) is 0 Å². The topological polar surface area (TPSA) is 185 Å². The molecule has 5 aromatic carbocycles. The van der Waals surface area contributed by atoms with Crippen LogP contribution in [0.4, 0.5) is 10.6 Å². The van der Waals surface area contributed by atoms with E-state index in [4.69, 9.17) is 24.4 Å². The summed E-state index contributed by atoms with van der Waals surface area (Å²) < 4.78 is 27.0. The molecule has 1 saturated heterocycles. The Morgan fingerprint density at radius 3 is 2.03 bits per heavy atom. The molecule has 0 saturated carbocycles. The first-order valence-corrected chi connectivity index (χ1v) is 23.9. The highest BCUT2D eigenvalue weighted by Gasteiger charge is 2.53. The third kappa shape index (κ3) is 8.41. The third-order valence-electron chi connectivity index (χ3n) is 12.8. The Balaban J connectivity index is 1.02. The van der Waals surface area contributed by atoms with Crippen LogP contribution in [0.3, 0.4) is 0 Å². The van der Waals surface area contributed by atoms with Gasteiger partial charge in [-0.15, -0.1) is 0 Å². The van der Waals surface area contributed by atoms with E-state index >= 15 is 0 Å². The van der Waals surface area contributed by atoms with E-state index in [-0.39, 0.29) is 36.4 Å². The van der Waals surface area contributed by atoms with E-state index in [1.165, 1.54) is 12.7 Å². The zero-order valence-corrected chi connectivity index (χ0v) is 38.2. The van der Waals surface area contributed by atoms with Gasteiger partial charge in [0.1, 0.15) is 42.5 Å². The number of nitrogens with one attached hydrogen (secondary N) is 2. The number of carbonyl (C=O) groups is 2. The van der Waals surface area contributed by atoms with Gasteiger partial charge in [0, 0.05) is 12.3 Å². The van der Waals surface area contributed by atoms with Gasteiger partial charge in [-0.1, -0.05) is 142 Å². The number of amides is 2. The van der Waals surface area contributed by atoms with Gasteiger partial charge < -0.3 is 40.1 Å². The predicted octanol–water partition coefficient (Wildman–Crippen LogP) is 5.89. The van der Waals surface area contributed by atoms with Crippen molar-refractivity contribution in [3.63, 3.8) is 0 Å². The maximum absolute atomic E-state index is 14.8. The summed E-state index contributed by atoms with van der Waals surface area (Å²) >= 11 is 0. The van der Waals surface area contributed by atoms with Gasteiger partial charge in [-0.3, -0.25) is 9.36 Å². The van der Waals surface area contributed by atoms with Crippen molar-refractivity contribution in [2.75, 3.05) is 26.1 Å². The largest absolute Gasteiger partial charge is 0.497 e. The molecule has 0 spiro atoms. The third-order valence-corrected chi connectivity index (χ3v) is 17.8. The number of hydrogen-bond acceptors (Lipinski definition) is 11. The molecule has 0 bridgehead atoms. The Kier molecular flexibility index (Phi) is 12.4. The highest BCUT2D eigenvalue weighted by Crippen LogP contribution is 2.45. The molecule has 15 heteroatoms. The van der Waals surface area contributed by atoms with Crippen LogP contribution in [0.25, 0.3) is 22.3 Å². The fourth-order valence-corrected chi connectivity index (χ4v) is 14.1. The van der Waals surface area contributed by atoms with Crippen molar-refractivity contribution in [3.05, 3.63) is 163 Å². The van der Waals surface area contributed by atoms with Crippen molar-refractivity contribution in [3.8, 4) is 16.9 Å². The number of nitrogens with zero attached hydrogens (tertiary/aromatic N) is 4. The second-order valence-corrected chi connectivity index (χ2v) is 22.0. The molecule has 2 aromatic heterocycles. The number of ether oxygens (including phenoxy) is 3. The van der Waals surface area contributed by atoms with Crippen LogP contribution >= 0.6 is 0 Å².